The van der Waals surface area contributed by atoms with Crippen molar-refractivity contribution in [3.63, 3.8) is 0 Å². The summed E-state index contributed by atoms with van der Waals surface area (Å²) in [5.41, 5.74) is 1.51. The number of halogens is 1. The van der Waals surface area contributed by atoms with Gasteiger partial charge in [-0.2, -0.15) is 0 Å². The third-order valence-corrected chi connectivity index (χ3v) is 6.54. The number of nitrogens with zero attached hydrogens (tertiary/aromatic N) is 2. The van der Waals surface area contributed by atoms with Crippen LogP contribution in [0.3, 0.4) is 0 Å². The summed E-state index contributed by atoms with van der Waals surface area (Å²) >= 11 is 0. The molecule has 0 saturated carbocycles. The highest BCUT2D eigenvalue weighted by molar-refractivity contribution is 7.89. The van der Waals surface area contributed by atoms with Crippen molar-refractivity contribution in [2.24, 2.45) is 0 Å². The first-order valence-electron chi connectivity index (χ1n) is 9.03. The van der Waals surface area contributed by atoms with Crippen molar-refractivity contribution in [1.82, 2.24) is 4.31 Å². The number of rotatable bonds is 6. The van der Waals surface area contributed by atoms with Gasteiger partial charge in [0.05, 0.1) is 4.90 Å². The molecule has 2 aromatic rings. The van der Waals surface area contributed by atoms with Crippen LogP contribution in [0.25, 0.3) is 0 Å². The summed E-state index contributed by atoms with van der Waals surface area (Å²) in [7, 11) is -0.561. The molecule has 1 atom stereocenters. The smallest absolute Gasteiger partial charge is 0.268 e. The monoisotopic (exact) mass is 406 g/mol. The molecule has 28 heavy (non-hydrogen) atoms. The van der Waals surface area contributed by atoms with Crippen LogP contribution in [0.5, 0.6) is 5.75 Å². The van der Waals surface area contributed by atoms with E-state index in [1.807, 2.05) is 6.92 Å². The summed E-state index contributed by atoms with van der Waals surface area (Å²) in [6, 6.07) is 10.3. The van der Waals surface area contributed by atoms with Crippen molar-refractivity contribution in [1.29, 1.82) is 0 Å². The number of carbonyl (C=O) groups excluding carboxylic acids is 1. The lowest BCUT2D eigenvalue weighted by molar-refractivity contribution is -0.125. The zero-order valence-electron chi connectivity index (χ0n) is 16.1. The third kappa shape index (κ3) is 3.88. The number of anilines is 1. The van der Waals surface area contributed by atoms with Crippen LogP contribution in [-0.2, 0) is 21.2 Å². The summed E-state index contributed by atoms with van der Waals surface area (Å²) in [5, 5.41) is 0. The Labute approximate surface area is 164 Å². The summed E-state index contributed by atoms with van der Waals surface area (Å²) in [5.74, 6) is -0.147. The number of hydrogen-bond donors (Lipinski definition) is 0. The number of ether oxygens (including phenoxy) is 1. The molecule has 0 spiro atoms. The number of carbonyl (C=O) groups is 1. The third-order valence-electron chi connectivity index (χ3n) is 4.73. The van der Waals surface area contributed by atoms with Crippen molar-refractivity contribution < 1.29 is 22.3 Å². The van der Waals surface area contributed by atoms with E-state index in [2.05, 4.69) is 0 Å². The molecule has 0 aromatic heterocycles. The van der Waals surface area contributed by atoms with Crippen molar-refractivity contribution >= 4 is 21.6 Å². The Morgan fingerprint density at radius 3 is 2.50 bits per heavy atom. The van der Waals surface area contributed by atoms with Gasteiger partial charge >= 0.3 is 0 Å². The minimum Gasteiger partial charge on any atom is -0.481 e. The molecule has 2 aromatic carbocycles. The van der Waals surface area contributed by atoms with Crippen molar-refractivity contribution in [3.8, 4) is 5.75 Å². The molecule has 1 aliphatic heterocycles. The van der Waals surface area contributed by atoms with Gasteiger partial charge in [-0.25, -0.2) is 17.1 Å². The van der Waals surface area contributed by atoms with Gasteiger partial charge in [0.2, 0.25) is 10.0 Å². The largest absolute Gasteiger partial charge is 0.481 e. The molecule has 1 aliphatic rings. The van der Waals surface area contributed by atoms with Crippen LogP contribution >= 0.6 is 0 Å². The Bertz CT molecular complexity index is 974. The predicted molar refractivity (Wildman–Crippen MR) is 104 cm³/mol. The fraction of sp³-hybridized carbons (Fsp3) is 0.350. The fourth-order valence-corrected chi connectivity index (χ4v) is 4.09. The van der Waals surface area contributed by atoms with Crippen LogP contribution in [0, 0.1) is 5.82 Å². The maximum atomic E-state index is 13.1. The molecule has 0 radical (unpaired) electrons. The molecule has 3 rings (SSSR count). The Morgan fingerprint density at radius 2 is 1.89 bits per heavy atom. The zero-order valence-corrected chi connectivity index (χ0v) is 16.9. The summed E-state index contributed by atoms with van der Waals surface area (Å²) in [4.78, 5) is 14.8. The van der Waals surface area contributed by atoms with Crippen LogP contribution in [0.2, 0.25) is 0 Å². The van der Waals surface area contributed by atoms with Crippen molar-refractivity contribution in [2.75, 3.05) is 25.5 Å². The minimum atomic E-state index is -3.53. The van der Waals surface area contributed by atoms with Crippen molar-refractivity contribution in [3.05, 3.63) is 53.8 Å². The highest BCUT2D eigenvalue weighted by atomic mass is 32.2. The Balaban J connectivity index is 1.82. The van der Waals surface area contributed by atoms with E-state index in [-0.39, 0.29) is 16.6 Å². The van der Waals surface area contributed by atoms with E-state index in [0.29, 0.717) is 30.8 Å². The second kappa shape index (κ2) is 7.89. The molecule has 0 unspecified atom stereocenters. The van der Waals surface area contributed by atoms with E-state index in [1.165, 1.54) is 44.4 Å². The van der Waals surface area contributed by atoms with Gasteiger partial charge in [-0.3, -0.25) is 4.79 Å². The first kappa shape index (κ1) is 20.3. The normalized spacial score (nSPS) is 14.8. The lowest BCUT2D eigenvalue weighted by Gasteiger charge is -2.24. The molecule has 0 saturated heterocycles. The molecule has 8 heteroatoms. The Morgan fingerprint density at radius 1 is 1.21 bits per heavy atom. The summed E-state index contributed by atoms with van der Waals surface area (Å²) in [6.45, 7) is 2.30. The first-order chi connectivity index (χ1) is 13.2. The standard InChI is InChI=1S/C20H23FN2O4S/c1-4-19(27-16-7-5-15(21)6-8-16)20(24)23-12-11-14-13-17(9-10-18(14)23)28(25,26)22(2)3/h5-10,13,19H,4,11-12H2,1-3H3/t19-/m0/s1. The van der Waals surface area contributed by atoms with Gasteiger partial charge in [-0.1, -0.05) is 6.92 Å². The number of fused-ring (bicyclic) bond motifs is 1. The SMILES string of the molecule is CC[C@H](Oc1ccc(F)cc1)C(=O)N1CCc2cc(S(=O)(=O)N(C)C)ccc21. The number of sulfonamides is 1. The second-order valence-electron chi connectivity index (χ2n) is 6.79. The molecule has 0 fully saturated rings. The Kier molecular flexibility index (Phi) is 5.71. The highest BCUT2D eigenvalue weighted by Crippen LogP contribution is 2.32. The quantitative estimate of drug-likeness (QED) is 0.740. The van der Waals surface area contributed by atoms with Gasteiger partial charge in [0.25, 0.3) is 5.91 Å². The van der Waals surface area contributed by atoms with E-state index in [4.69, 9.17) is 4.74 Å². The van der Waals surface area contributed by atoms with Gasteiger partial charge < -0.3 is 9.64 Å². The van der Waals surface area contributed by atoms with Crippen LogP contribution in [0.4, 0.5) is 10.1 Å². The first-order valence-corrected chi connectivity index (χ1v) is 10.5. The average molecular weight is 406 g/mol. The van der Waals surface area contributed by atoms with E-state index in [0.717, 1.165) is 9.87 Å². The molecule has 1 heterocycles. The summed E-state index contributed by atoms with van der Waals surface area (Å²) < 4.78 is 44.6. The molecule has 6 nitrogen and oxygen atoms in total. The zero-order chi connectivity index (χ0) is 20.5. The van der Waals surface area contributed by atoms with E-state index in [9.17, 15) is 17.6 Å². The fourth-order valence-electron chi connectivity index (χ4n) is 3.14. The predicted octanol–water partition coefficient (Wildman–Crippen LogP) is 2.82. The van der Waals surface area contributed by atoms with Gasteiger partial charge in [-0.15, -0.1) is 0 Å². The summed E-state index contributed by atoms with van der Waals surface area (Å²) in [6.07, 6.45) is 0.321. The lowest BCUT2D eigenvalue weighted by atomic mass is 10.1. The minimum absolute atomic E-state index is 0.200. The van der Waals surface area contributed by atoms with Crippen LogP contribution in [0.15, 0.2) is 47.4 Å². The lowest BCUT2D eigenvalue weighted by Crippen LogP contribution is -2.41. The number of hydrogen-bond acceptors (Lipinski definition) is 4. The molecular weight excluding hydrogens is 383 g/mol. The van der Waals surface area contributed by atoms with Gasteiger partial charge in [0, 0.05) is 26.3 Å². The highest BCUT2D eigenvalue weighted by Gasteiger charge is 2.32. The molecule has 1 amide bonds. The number of amides is 1. The van der Waals surface area contributed by atoms with E-state index >= 15 is 0 Å². The van der Waals surface area contributed by atoms with Crippen molar-refractivity contribution in [2.45, 2.75) is 30.8 Å². The maximum absolute atomic E-state index is 13.1. The molecular formula is C20H23FN2O4S. The molecule has 0 N–H and O–H groups in total. The molecule has 150 valence electrons. The number of benzene rings is 2. The van der Waals surface area contributed by atoms with Gasteiger partial charge in [0.1, 0.15) is 11.6 Å². The topological polar surface area (TPSA) is 66.9 Å². The maximum Gasteiger partial charge on any atom is 0.268 e. The van der Waals surface area contributed by atoms with Crippen LogP contribution in [0.1, 0.15) is 18.9 Å². The molecule has 0 bridgehead atoms. The second-order valence-corrected chi connectivity index (χ2v) is 8.94. The van der Waals surface area contributed by atoms with Crippen LogP contribution in [-0.4, -0.2) is 45.4 Å². The van der Waals surface area contributed by atoms with Gasteiger partial charge in [0.15, 0.2) is 6.10 Å². The van der Waals surface area contributed by atoms with Gasteiger partial charge in [-0.05, 0) is 60.9 Å². The Hall–Kier alpha value is -2.45. The molecule has 0 aliphatic carbocycles. The van der Waals surface area contributed by atoms with Crippen LogP contribution < -0.4 is 9.64 Å². The average Bonchev–Trinajstić information content (AvgIpc) is 3.10. The van der Waals surface area contributed by atoms with E-state index in [1.54, 1.807) is 17.0 Å². The van der Waals surface area contributed by atoms with E-state index < -0.39 is 16.1 Å².